The number of carboxylic acids is 1. The molecule has 0 spiro atoms. The molecule has 0 radical (unpaired) electrons. The largest absolute Gasteiger partial charge is 0.497 e. The van der Waals surface area contributed by atoms with E-state index in [1.807, 2.05) is 0 Å². The first-order valence-electron chi connectivity index (χ1n) is 8.70. The summed E-state index contributed by atoms with van der Waals surface area (Å²) in [6, 6.07) is 8.82. The lowest BCUT2D eigenvalue weighted by molar-refractivity contribution is -0.138. The van der Waals surface area contributed by atoms with E-state index in [-0.39, 0.29) is 5.56 Å². The number of carboxylic acid groups (broad SMARTS) is 1. The van der Waals surface area contributed by atoms with Crippen molar-refractivity contribution in [2.45, 2.75) is 25.9 Å². The number of aromatic nitrogens is 1. The van der Waals surface area contributed by atoms with Crippen molar-refractivity contribution in [1.82, 2.24) is 4.57 Å². The number of hydrogen-bond acceptors (Lipinski definition) is 3. The van der Waals surface area contributed by atoms with Crippen LogP contribution in [0, 0.1) is 6.92 Å². The molecule has 5 nitrogen and oxygen atoms in total. The smallest absolute Gasteiger partial charge is 0.416 e. The Bertz CT molecular complexity index is 1100. The number of aliphatic carboxylic acids is 1. The van der Waals surface area contributed by atoms with Crippen LogP contribution in [-0.2, 0) is 11.0 Å². The number of rotatable bonds is 4. The standard InChI is InChI=1S/C21H18F3NO4/c1-11(20(27)28)18-12(2)25(17-9-8-15(29-3)10-16(17)18)19(26)13-4-6-14(7-5-13)21(22,23)24/h4-11H,1-3H3,(H,27,28). The lowest BCUT2D eigenvalue weighted by atomic mass is 9.98. The zero-order valence-electron chi connectivity index (χ0n) is 15.9. The minimum Gasteiger partial charge on any atom is -0.497 e. The van der Waals surface area contributed by atoms with Crippen molar-refractivity contribution in [1.29, 1.82) is 0 Å². The van der Waals surface area contributed by atoms with E-state index < -0.39 is 29.5 Å². The van der Waals surface area contributed by atoms with Gasteiger partial charge in [-0.15, -0.1) is 0 Å². The van der Waals surface area contributed by atoms with Crippen LogP contribution in [0.5, 0.6) is 5.75 Å². The van der Waals surface area contributed by atoms with Crippen molar-refractivity contribution in [3.05, 3.63) is 64.8 Å². The summed E-state index contributed by atoms with van der Waals surface area (Å²) in [6.45, 7) is 3.12. The second kappa shape index (κ2) is 7.27. The first-order chi connectivity index (χ1) is 13.6. The second-order valence-corrected chi connectivity index (χ2v) is 6.66. The molecular weight excluding hydrogens is 387 g/mol. The van der Waals surface area contributed by atoms with Gasteiger partial charge in [0, 0.05) is 16.6 Å². The lowest BCUT2D eigenvalue weighted by Crippen LogP contribution is -2.15. The molecule has 152 valence electrons. The van der Waals surface area contributed by atoms with E-state index in [9.17, 15) is 27.9 Å². The molecule has 1 aromatic heterocycles. The summed E-state index contributed by atoms with van der Waals surface area (Å²) in [6.07, 6.45) is -4.50. The van der Waals surface area contributed by atoms with Crippen LogP contribution >= 0.6 is 0 Å². The number of nitrogens with zero attached hydrogens (tertiary/aromatic N) is 1. The fraction of sp³-hybridized carbons (Fsp3) is 0.238. The predicted octanol–water partition coefficient (Wildman–Crippen LogP) is 4.85. The van der Waals surface area contributed by atoms with E-state index in [1.165, 1.54) is 18.6 Å². The van der Waals surface area contributed by atoms with Crippen LogP contribution in [0.1, 0.15) is 40.0 Å². The molecule has 0 aliphatic heterocycles. The third-order valence-electron chi connectivity index (χ3n) is 4.93. The number of alkyl halides is 3. The van der Waals surface area contributed by atoms with Crippen LogP contribution in [-0.4, -0.2) is 28.7 Å². The Morgan fingerprint density at radius 3 is 2.24 bits per heavy atom. The maximum absolute atomic E-state index is 13.1. The molecule has 0 fully saturated rings. The van der Waals surface area contributed by atoms with Crippen LogP contribution in [0.3, 0.4) is 0 Å². The predicted molar refractivity (Wildman–Crippen MR) is 100 cm³/mol. The Hall–Kier alpha value is -3.29. The van der Waals surface area contributed by atoms with Crippen LogP contribution in [0.4, 0.5) is 13.2 Å². The van der Waals surface area contributed by atoms with Gasteiger partial charge in [-0.05, 0) is 61.9 Å². The van der Waals surface area contributed by atoms with E-state index in [1.54, 1.807) is 25.1 Å². The summed E-state index contributed by atoms with van der Waals surface area (Å²) < 4.78 is 44.9. The van der Waals surface area contributed by atoms with Crippen molar-refractivity contribution in [2.75, 3.05) is 7.11 Å². The molecule has 1 heterocycles. The quantitative estimate of drug-likeness (QED) is 0.674. The molecule has 1 unspecified atom stereocenters. The van der Waals surface area contributed by atoms with E-state index in [2.05, 4.69) is 0 Å². The summed E-state index contributed by atoms with van der Waals surface area (Å²) in [5.41, 5.74) is 0.521. The molecule has 1 atom stereocenters. The van der Waals surface area contributed by atoms with Crippen LogP contribution in [0.2, 0.25) is 0 Å². The van der Waals surface area contributed by atoms with E-state index in [0.717, 1.165) is 24.3 Å². The highest BCUT2D eigenvalue weighted by atomic mass is 19.4. The molecule has 2 aromatic carbocycles. The van der Waals surface area contributed by atoms with Gasteiger partial charge >= 0.3 is 12.1 Å². The highest BCUT2D eigenvalue weighted by Gasteiger charge is 2.31. The van der Waals surface area contributed by atoms with Gasteiger partial charge in [0.2, 0.25) is 0 Å². The van der Waals surface area contributed by atoms with Crippen molar-refractivity contribution in [2.24, 2.45) is 0 Å². The molecule has 0 bridgehead atoms. The van der Waals surface area contributed by atoms with Gasteiger partial charge in [-0.1, -0.05) is 0 Å². The number of hydrogen-bond donors (Lipinski definition) is 1. The molecule has 0 amide bonds. The third-order valence-corrected chi connectivity index (χ3v) is 4.93. The highest BCUT2D eigenvalue weighted by molar-refractivity contribution is 6.05. The van der Waals surface area contributed by atoms with Gasteiger partial charge in [-0.3, -0.25) is 14.2 Å². The van der Waals surface area contributed by atoms with Crippen molar-refractivity contribution in [3.8, 4) is 5.75 Å². The highest BCUT2D eigenvalue weighted by Crippen LogP contribution is 2.35. The van der Waals surface area contributed by atoms with Crippen molar-refractivity contribution < 1.29 is 32.6 Å². The van der Waals surface area contributed by atoms with Gasteiger partial charge in [-0.25, -0.2) is 0 Å². The van der Waals surface area contributed by atoms with Gasteiger partial charge in [0.05, 0.1) is 24.1 Å². The van der Waals surface area contributed by atoms with Gasteiger partial charge in [0.1, 0.15) is 5.75 Å². The molecule has 0 aliphatic rings. The first-order valence-corrected chi connectivity index (χ1v) is 8.70. The summed E-state index contributed by atoms with van der Waals surface area (Å²) >= 11 is 0. The molecule has 8 heteroatoms. The lowest BCUT2D eigenvalue weighted by Gasteiger charge is -2.11. The molecule has 29 heavy (non-hydrogen) atoms. The van der Waals surface area contributed by atoms with Gasteiger partial charge in [0.25, 0.3) is 5.91 Å². The van der Waals surface area contributed by atoms with E-state index in [4.69, 9.17) is 4.74 Å². The van der Waals surface area contributed by atoms with Crippen molar-refractivity contribution >= 4 is 22.8 Å². The Morgan fingerprint density at radius 2 is 1.72 bits per heavy atom. The van der Waals surface area contributed by atoms with Gasteiger partial charge in [-0.2, -0.15) is 13.2 Å². The monoisotopic (exact) mass is 405 g/mol. The number of fused-ring (bicyclic) bond motifs is 1. The average Bonchev–Trinajstić information content (AvgIpc) is 2.96. The number of methoxy groups -OCH3 is 1. The molecule has 1 N–H and O–H groups in total. The van der Waals surface area contributed by atoms with Crippen LogP contribution in [0.25, 0.3) is 10.9 Å². The molecule has 0 saturated heterocycles. The molecule has 3 aromatic rings. The maximum atomic E-state index is 13.1. The normalized spacial score (nSPS) is 12.8. The molecule has 3 rings (SSSR count). The Morgan fingerprint density at radius 1 is 1.10 bits per heavy atom. The number of carbonyl (C=O) groups excluding carboxylic acids is 1. The number of ether oxygens (including phenoxy) is 1. The SMILES string of the molecule is COc1ccc2c(c1)c(C(C)C(=O)O)c(C)n2C(=O)c1ccc(C(F)(F)F)cc1. The second-order valence-electron chi connectivity index (χ2n) is 6.66. The Labute approximate surface area is 164 Å². The minimum atomic E-state index is -4.50. The van der Waals surface area contributed by atoms with Gasteiger partial charge < -0.3 is 9.84 Å². The Balaban J connectivity index is 2.20. The van der Waals surface area contributed by atoms with Crippen molar-refractivity contribution in [3.63, 3.8) is 0 Å². The van der Waals surface area contributed by atoms with E-state index >= 15 is 0 Å². The molecule has 0 saturated carbocycles. The maximum Gasteiger partial charge on any atom is 0.416 e. The Kier molecular flexibility index (Phi) is 5.13. The summed E-state index contributed by atoms with van der Waals surface area (Å²) in [4.78, 5) is 24.7. The third kappa shape index (κ3) is 3.57. The molecular formula is C21H18F3NO4. The fourth-order valence-electron chi connectivity index (χ4n) is 3.41. The van der Waals surface area contributed by atoms with Gasteiger partial charge in [0.15, 0.2) is 0 Å². The van der Waals surface area contributed by atoms with E-state index in [0.29, 0.717) is 27.9 Å². The number of carbonyl (C=O) groups is 2. The topological polar surface area (TPSA) is 68.5 Å². The minimum absolute atomic E-state index is 0.0587. The van der Waals surface area contributed by atoms with Crippen LogP contribution < -0.4 is 4.74 Å². The average molecular weight is 405 g/mol. The number of benzene rings is 2. The summed E-state index contributed by atoms with van der Waals surface area (Å²) in [5.74, 6) is -2.01. The molecule has 0 aliphatic carbocycles. The number of halogens is 3. The summed E-state index contributed by atoms with van der Waals surface area (Å²) in [5, 5.41) is 10.0. The first kappa shape index (κ1) is 20.4. The summed E-state index contributed by atoms with van der Waals surface area (Å²) in [7, 11) is 1.47. The zero-order valence-corrected chi connectivity index (χ0v) is 15.9. The van der Waals surface area contributed by atoms with Crippen LogP contribution in [0.15, 0.2) is 42.5 Å². The zero-order chi connectivity index (χ0) is 21.5. The fourth-order valence-corrected chi connectivity index (χ4v) is 3.41.